The van der Waals surface area contributed by atoms with Crippen molar-refractivity contribution in [1.82, 2.24) is 10.6 Å². The standard InChI is InChI=1S/C16H31N3O2/c1-16(2,3)12-8-4-5-9-13(12)19-14(20)10-6-7-11-18-15(17)21/h12-13H,4-11H2,1-3H3,(H,19,20)(H3,17,18,21). The number of urea groups is 1. The van der Waals surface area contributed by atoms with Crippen LogP contribution in [0.3, 0.4) is 0 Å². The van der Waals surface area contributed by atoms with Crippen LogP contribution in [0.4, 0.5) is 4.79 Å². The lowest BCUT2D eigenvalue weighted by atomic mass is 9.69. The van der Waals surface area contributed by atoms with Crippen LogP contribution in [0.1, 0.15) is 65.7 Å². The van der Waals surface area contributed by atoms with Gasteiger partial charge in [0.25, 0.3) is 0 Å². The summed E-state index contributed by atoms with van der Waals surface area (Å²) < 4.78 is 0. The summed E-state index contributed by atoms with van der Waals surface area (Å²) in [4.78, 5) is 22.6. The number of amides is 3. The molecule has 21 heavy (non-hydrogen) atoms. The van der Waals surface area contributed by atoms with Gasteiger partial charge < -0.3 is 16.4 Å². The predicted octanol–water partition coefficient (Wildman–Crippen LogP) is 2.55. The van der Waals surface area contributed by atoms with Crippen molar-refractivity contribution in [2.45, 2.75) is 71.8 Å². The van der Waals surface area contributed by atoms with Crippen molar-refractivity contribution in [3.63, 3.8) is 0 Å². The highest BCUT2D eigenvalue weighted by molar-refractivity contribution is 5.76. The second-order valence-corrected chi connectivity index (χ2v) is 7.18. The maximum Gasteiger partial charge on any atom is 0.312 e. The van der Waals surface area contributed by atoms with E-state index >= 15 is 0 Å². The molecule has 1 aliphatic carbocycles. The smallest absolute Gasteiger partial charge is 0.312 e. The Morgan fingerprint density at radius 1 is 1.14 bits per heavy atom. The molecule has 5 heteroatoms. The maximum atomic E-state index is 12.1. The van der Waals surface area contributed by atoms with Crippen LogP contribution >= 0.6 is 0 Å². The summed E-state index contributed by atoms with van der Waals surface area (Å²) in [6.07, 6.45) is 6.86. The Morgan fingerprint density at radius 2 is 1.81 bits per heavy atom. The second-order valence-electron chi connectivity index (χ2n) is 7.18. The molecule has 4 N–H and O–H groups in total. The zero-order valence-corrected chi connectivity index (χ0v) is 13.7. The van der Waals surface area contributed by atoms with E-state index in [9.17, 15) is 9.59 Å². The predicted molar refractivity (Wildman–Crippen MR) is 84.8 cm³/mol. The first-order valence-electron chi connectivity index (χ1n) is 8.13. The fourth-order valence-corrected chi connectivity index (χ4v) is 3.24. The van der Waals surface area contributed by atoms with Gasteiger partial charge in [0.15, 0.2) is 0 Å². The van der Waals surface area contributed by atoms with Gasteiger partial charge in [-0.05, 0) is 37.0 Å². The second kappa shape index (κ2) is 8.25. The molecular formula is C16H31N3O2. The van der Waals surface area contributed by atoms with Crippen molar-refractivity contribution >= 4 is 11.9 Å². The number of hydrogen-bond acceptors (Lipinski definition) is 2. The maximum absolute atomic E-state index is 12.1. The number of unbranched alkanes of at least 4 members (excludes halogenated alkanes) is 1. The highest BCUT2D eigenvalue weighted by Gasteiger charge is 2.34. The molecule has 1 fully saturated rings. The van der Waals surface area contributed by atoms with E-state index in [0.29, 0.717) is 24.9 Å². The number of carbonyl (C=O) groups excluding carboxylic acids is 2. The molecule has 2 unspecified atom stereocenters. The summed E-state index contributed by atoms with van der Waals surface area (Å²) in [6.45, 7) is 7.32. The highest BCUT2D eigenvalue weighted by Crippen LogP contribution is 2.37. The number of carbonyl (C=O) groups is 2. The van der Waals surface area contributed by atoms with Gasteiger partial charge in [0.1, 0.15) is 0 Å². The first-order chi connectivity index (χ1) is 9.80. The van der Waals surface area contributed by atoms with Crippen LogP contribution in [0.2, 0.25) is 0 Å². The quantitative estimate of drug-likeness (QED) is 0.658. The van der Waals surface area contributed by atoms with Gasteiger partial charge in [-0.25, -0.2) is 4.79 Å². The Hall–Kier alpha value is -1.26. The van der Waals surface area contributed by atoms with E-state index < -0.39 is 6.03 Å². The first kappa shape index (κ1) is 17.8. The third-order valence-corrected chi connectivity index (χ3v) is 4.35. The topological polar surface area (TPSA) is 84.2 Å². The Bertz CT molecular complexity index is 350. The van der Waals surface area contributed by atoms with E-state index in [-0.39, 0.29) is 11.3 Å². The summed E-state index contributed by atoms with van der Waals surface area (Å²) in [7, 11) is 0. The van der Waals surface area contributed by atoms with Gasteiger partial charge in [-0.3, -0.25) is 4.79 Å². The van der Waals surface area contributed by atoms with Crippen LogP contribution in [0.25, 0.3) is 0 Å². The lowest BCUT2D eigenvalue weighted by molar-refractivity contribution is -0.122. The zero-order chi connectivity index (χ0) is 15.9. The Labute approximate surface area is 128 Å². The molecule has 0 heterocycles. The van der Waals surface area contributed by atoms with Crippen LogP contribution in [0.15, 0.2) is 0 Å². The molecule has 1 aliphatic rings. The Morgan fingerprint density at radius 3 is 2.43 bits per heavy atom. The lowest BCUT2D eigenvalue weighted by Crippen LogP contribution is -2.46. The van der Waals surface area contributed by atoms with Gasteiger partial charge in [-0.2, -0.15) is 0 Å². The molecule has 5 nitrogen and oxygen atoms in total. The van der Waals surface area contributed by atoms with Crippen LogP contribution in [-0.2, 0) is 4.79 Å². The minimum atomic E-state index is -0.505. The molecule has 1 rings (SSSR count). The molecular weight excluding hydrogens is 266 g/mol. The number of rotatable bonds is 6. The van der Waals surface area contributed by atoms with Gasteiger partial charge >= 0.3 is 6.03 Å². The van der Waals surface area contributed by atoms with Crippen molar-refractivity contribution < 1.29 is 9.59 Å². The molecule has 1 saturated carbocycles. The largest absolute Gasteiger partial charge is 0.353 e. The Balaban J connectivity index is 2.30. The van der Waals surface area contributed by atoms with Gasteiger partial charge in [0.05, 0.1) is 0 Å². The SMILES string of the molecule is CC(C)(C)C1CCCCC1NC(=O)CCCCNC(N)=O. The molecule has 0 radical (unpaired) electrons. The molecule has 3 amide bonds. The number of nitrogens with two attached hydrogens (primary N) is 1. The summed E-state index contributed by atoms with van der Waals surface area (Å²) in [5, 5.41) is 5.76. The lowest BCUT2D eigenvalue weighted by Gasteiger charge is -2.40. The molecule has 0 aromatic rings. The molecule has 0 saturated heterocycles. The number of primary amides is 1. The van der Waals surface area contributed by atoms with E-state index in [1.807, 2.05) is 0 Å². The van der Waals surface area contributed by atoms with Gasteiger partial charge in [-0.15, -0.1) is 0 Å². The molecule has 0 aromatic carbocycles. The van der Waals surface area contributed by atoms with Gasteiger partial charge in [0.2, 0.25) is 5.91 Å². The number of nitrogens with one attached hydrogen (secondary N) is 2. The minimum Gasteiger partial charge on any atom is -0.353 e. The normalized spacial score (nSPS) is 22.6. The van der Waals surface area contributed by atoms with Crippen molar-refractivity contribution in [2.24, 2.45) is 17.1 Å². The average Bonchev–Trinajstić information content (AvgIpc) is 2.37. The van der Waals surface area contributed by atoms with Gasteiger partial charge in [-0.1, -0.05) is 33.6 Å². The summed E-state index contributed by atoms with van der Waals surface area (Å²) >= 11 is 0. The zero-order valence-electron chi connectivity index (χ0n) is 13.7. The van der Waals surface area contributed by atoms with E-state index in [4.69, 9.17) is 5.73 Å². The van der Waals surface area contributed by atoms with Crippen molar-refractivity contribution in [3.8, 4) is 0 Å². The summed E-state index contributed by atoms with van der Waals surface area (Å²) in [6, 6.07) is -0.190. The monoisotopic (exact) mass is 297 g/mol. The van der Waals surface area contributed by atoms with E-state index in [1.54, 1.807) is 0 Å². The summed E-state index contributed by atoms with van der Waals surface area (Å²) in [5.74, 6) is 0.696. The van der Waals surface area contributed by atoms with Crippen molar-refractivity contribution in [1.29, 1.82) is 0 Å². The van der Waals surface area contributed by atoms with Crippen molar-refractivity contribution in [3.05, 3.63) is 0 Å². The van der Waals surface area contributed by atoms with E-state index in [2.05, 4.69) is 31.4 Å². The van der Waals surface area contributed by atoms with E-state index in [1.165, 1.54) is 19.3 Å². The third-order valence-electron chi connectivity index (χ3n) is 4.35. The van der Waals surface area contributed by atoms with Crippen LogP contribution in [0.5, 0.6) is 0 Å². The Kier molecular flexibility index (Phi) is 6.99. The first-order valence-corrected chi connectivity index (χ1v) is 8.13. The molecule has 0 aliphatic heterocycles. The van der Waals surface area contributed by atoms with Gasteiger partial charge in [0, 0.05) is 19.0 Å². The van der Waals surface area contributed by atoms with Crippen LogP contribution in [-0.4, -0.2) is 24.5 Å². The fourth-order valence-electron chi connectivity index (χ4n) is 3.24. The van der Waals surface area contributed by atoms with Crippen LogP contribution in [0, 0.1) is 11.3 Å². The fraction of sp³-hybridized carbons (Fsp3) is 0.875. The molecule has 2 atom stereocenters. The molecule has 122 valence electrons. The van der Waals surface area contributed by atoms with Crippen LogP contribution < -0.4 is 16.4 Å². The van der Waals surface area contributed by atoms with Crippen molar-refractivity contribution in [2.75, 3.05) is 6.54 Å². The molecule has 0 aromatic heterocycles. The summed E-state index contributed by atoms with van der Waals surface area (Å²) in [5.41, 5.74) is 5.22. The molecule has 0 spiro atoms. The average molecular weight is 297 g/mol. The molecule has 0 bridgehead atoms. The number of hydrogen-bond donors (Lipinski definition) is 3. The highest BCUT2D eigenvalue weighted by atomic mass is 16.2. The van der Waals surface area contributed by atoms with E-state index in [0.717, 1.165) is 19.3 Å². The minimum absolute atomic E-state index is 0.134. The third kappa shape index (κ3) is 6.82.